The van der Waals surface area contributed by atoms with Gasteiger partial charge in [0.1, 0.15) is 0 Å². The van der Waals surface area contributed by atoms with Crippen LogP contribution < -0.4 is 0 Å². The summed E-state index contributed by atoms with van der Waals surface area (Å²) in [5.74, 6) is -3.29. The number of benzene rings is 2. The molecule has 0 saturated carbocycles. The summed E-state index contributed by atoms with van der Waals surface area (Å²) < 4.78 is 4.74. The minimum absolute atomic E-state index is 0.119. The van der Waals surface area contributed by atoms with Crippen LogP contribution in [-0.2, 0) is 14.3 Å². The molecule has 0 radical (unpaired) electrons. The SMILES string of the molecule is COC(=O)C(C)(C(=O)O)C(CC(=O)c1ccccc1)c1ccccc1. The highest BCUT2D eigenvalue weighted by atomic mass is 16.5. The van der Waals surface area contributed by atoms with Gasteiger partial charge < -0.3 is 9.84 Å². The number of carbonyl (C=O) groups excluding carboxylic acids is 2. The maximum absolute atomic E-state index is 12.7. The second kappa shape index (κ2) is 7.75. The number of carboxylic acid groups (broad SMARTS) is 1. The van der Waals surface area contributed by atoms with Crippen LogP contribution in [0.5, 0.6) is 0 Å². The molecule has 0 aromatic heterocycles. The van der Waals surface area contributed by atoms with Crippen molar-refractivity contribution in [2.45, 2.75) is 19.3 Å². The van der Waals surface area contributed by atoms with Crippen molar-refractivity contribution in [3.8, 4) is 0 Å². The highest BCUT2D eigenvalue weighted by Gasteiger charge is 2.50. The smallest absolute Gasteiger partial charge is 0.323 e. The van der Waals surface area contributed by atoms with Gasteiger partial charge in [0.25, 0.3) is 0 Å². The number of ketones is 1. The van der Waals surface area contributed by atoms with Gasteiger partial charge in [-0.15, -0.1) is 0 Å². The topological polar surface area (TPSA) is 80.7 Å². The van der Waals surface area contributed by atoms with Crippen molar-refractivity contribution < 1.29 is 24.2 Å². The van der Waals surface area contributed by atoms with Crippen molar-refractivity contribution in [1.29, 1.82) is 0 Å². The molecule has 1 N–H and O–H groups in total. The predicted octanol–water partition coefficient (Wildman–Crippen LogP) is 3.31. The van der Waals surface area contributed by atoms with Crippen molar-refractivity contribution in [3.63, 3.8) is 0 Å². The van der Waals surface area contributed by atoms with E-state index in [0.29, 0.717) is 11.1 Å². The first kappa shape index (κ1) is 18.4. The van der Waals surface area contributed by atoms with Crippen molar-refractivity contribution in [1.82, 2.24) is 0 Å². The average Bonchev–Trinajstić information content (AvgIpc) is 2.65. The second-order valence-electron chi connectivity index (χ2n) is 5.96. The summed E-state index contributed by atoms with van der Waals surface area (Å²) >= 11 is 0. The summed E-state index contributed by atoms with van der Waals surface area (Å²) in [6.07, 6.45) is -0.119. The quantitative estimate of drug-likeness (QED) is 0.475. The number of ether oxygens (including phenoxy) is 1. The van der Waals surface area contributed by atoms with Crippen LogP contribution in [0.4, 0.5) is 0 Å². The number of hydrogen-bond acceptors (Lipinski definition) is 4. The fourth-order valence-electron chi connectivity index (χ4n) is 2.86. The number of hydrogen-bond donors (Lipinski definition) is 1. The first-order valence-corrected chi connectivity index (χ1v) is 7.86. The minimum Gasteiger partial charge on any atom is -0.480 e. The van der Waals surface area contributed by atoms with E-state index in [1.807, 2.05) is 0 Å². The summed E-state index contributed by atoms with van der Waals surface area (Å²) in [6, 6.07) is 17.3. The Morgan fingerprint density at radius 1 is 1.00 bits per heavy atom. The predicted molar refractivity (Wildman–Crippen MR) is 92.3 cm³/mol. The van der Waals surface area contributed by atoms with Gasteiger partial charge in [-0.25, -0.2) is 0 Å². The van der Waals surface area contributed by atoms with E-state index in [0.717, 1.165) is 7.11 Å². The number of esters is 1. The first-order chi connectivity index (χ1) is 11.9. The summed E-state index contributed by atoms with van der Waals surface area (Å²) in [6.45, 7) is 1.30. The Labute approximate surface area is 146 Å². The highest BCUT2D eigenvalue weighted by Crippen LogP contribution is 2.40. The lowest BCUT2D eigenvalue weighted by atomic mass is 9.70. The lowest BCUT2D eigenvalue weighted by Crippen LogP contribution is -2.43. The van der Waals surface area contributed by atoms with Gasteiger partial charge in [-0.3, -0.25) is 14.4 Å². The van der Waals surface area contributed by atoms with Gasteiger partial charge in [-0.1, -0.05) is 60.7 Å². The van der Waals surface area contributed by atoms with Crippen LogP contribution in [0.25, 0.3) is 0 Å². The van der Waals surface area contributed by atoms with Crippen molar-refractivity contribution in [2.75, 3.05) is 7.11 Å². The maximum atomic E-state index is 12.7. The number of carboxylic acids is 1. The molecule has 0 aliphatic rings. The lowest BCUT2D eigenvalue weighted by Gasteiger charge is -2.31. The molecule has 0 aliphatic heterocycles. The van der Waals surface area contributed by atoms with Gasteiger partial charge in [0.05, 0.1) is 7.11 Å². The zero-order chi connectivity index (χ0) is 18.4. The average molecular weight is 340 g/mol. The monoisotopic (exact) mass is 340 g/mol. The fourth-order valence-corrected chi connectivity index (χ4v) is 2.86. The maximum Gasteiger partial charge on any atom is 0.323 e. The number of aliphatic carboxylic acids is 1. The molecular weight excluding hydrogens is 320 g/mol. The van der Waals surface area contributed by atoms with Crippen LogP contribution >= 0.6 is 0 Å². The van der Waals surface area contributed by atoms with Crippen LogP contribution in [0.15, 0.2) is 60.7 Å². The first-order valence-electron chi connectivity index (χ1n) is 7.86. The van der Waals surface area contributed by atoms with E-state index in [-0.39, 0.29) is 12.2 Å². The van der Waals surface area contributed by atoms with Gasteiger partial charge in [-0.05, 0) is 12.5 Å². The number of carbonyl (C=O) groups is 3. The standard InChI is InChI=1S/C20H20O5/c1-20(18(22)23,19(24)25-2)16(14-9-5-3-6-10-14)13-17(21)15-11-7-4-8-12-15/h3-12,16H,13H2,1-2H3,(H,22,23). The molecule has 0 bridgehead atoms. The molecule has 0 saturated heterocycles. The Bertz CT molecular complexity index is 754. The van der Waals surface area contributed by atoms with Gasteiger partial charge >= 0.3 is 11.9 Å². The number of Topliss-reactive ketones (excluding diaryl/α,β-unsaturated/α-hetero) is 1. The molecule has 2 aromatic carbocycles. The minimum atomic E-state index is -1.87. The zero-order valence-electron chi connectivity index (χ0n) is 14.1. The molecule has 2 unspecified atom stereocenters. The molecule has 0 amide bonds. The van der Waals surface area contributed by atoms with E-state index >= 15 is 0 Å². The summed E-state index contributed by atoms with van der Waals surface area (Å²) in [7, 11) is 1.14. The largest absolute Gasteiger partial charge is 0.480 e. The molecule has 0 spiro atoms. The summed E-state index contributed by atoms with van der Waals surface area (Å²) in [4.78, 5) is 36.9. The molecular formula is C20H20O5. The van der Waals surface area contributed by atoms with Crippen LogP contribution in [0.2, 0.25) is 0 Å². The van der Waals surface area contributed by atoms with Gasteiger partial charge in [-0.2, -0.15) is 0 Å². The van der Waals surface area contributed by atoms with Crippen molar-refractivity contribution >= 4 is 17.7 Å². The van der Waals surface area contributed by atoms with Crippen molar-refractivity contribution in [2.24, 2.45) is 5.41 Å². The molecule has 5 nitrogen and oxygen atoms in total. The van der Waals surface area contributed by atoms with Crippen LogP contribution in [-0.4, -0.2) is 29.9 Å². The summed E-state index contributed by atoms with van der Waals surface area (Å²) in [5.41, 5.74) is -0.802. The summed E-state index contributed by atoms with van der Waals surface area (Å²) in [5, 5.41) is 9.74. The molecule has 25 heavy (non-hydrogen) atoms. The third-order valence-electron chi connectivity index (χ3n) is 4.44. The van der Waals surface area contributed by atoms with E-state index in [2.05, 4.69) is 0 Å². The normalized spacial score (nSPS) is 14.2. The number of methoxy groups -OCH3 is 1. The molecule has 130 valence electrons. The lowest BCUT2D eigenvalue weighted by molar-refractivity contribution is -0.167. The van der Waals surface area contributed by atoms with Crippen LogP contribution in [0, 0.1) is 5.41 Å². The second-order valence-corrected chi connectivity index (χ2v) is 5.96. The number of rotatable bonds is 7. The van der Waals surface area contributed by atoms with E-state index < -0.39 is 23.3 Å². The van der Waals surface area contributed by atoms with Gasteiger partial charge in [0.2, 0.25) is 0 Å². The van der Waals surface area contributed by atoms with Crippen molar-refractivity contribution in [3.05, 3.63) is 71.8 Å². The molecule has 0 heterocycles. The molecule has 0 fully saturated rings. The highest BCUT2D eigenvalue weighted by molar-refractivity contribution is 6.02. The Morgan fingerprint density at radius 3 is 2.00 bits per heavy atom. The van der Waals surface area contributed by atoms with Gasteiger partial charge in [0.15, 0.2) is 11.2 Å². The van der Waals surface area contributed by atoms with Crippen LogP contribution in [0.3, 0.4) is 0 Å². The molecule has 2 aromatic rings. The Hall–Kier alpha value is -2.95. The zero-order valence-corrected chi connectivity index (χ0v) is 14.1. The van der Waals surface area contributed by atoms with E-state index in [4.69, 9.17) is 4.74 Å². The third kappa shape index (κ3) is 3.76. The van der Waals surface area contributed by atoms with Gasteiger partial charge in [0, 0.05) is 17.9 Å². The van der Waals surface area contributed by atoms with E-state index in [1.54, 1.807) is 60.7 Å². The van der Waals surface area contributed by atoms with E-state index in [1.165, 1.54) is 6.92 Å². The molecule has 5 heteroatoms. The van der Waals surface area contributed by atoms with E-state index in [9.17, 15) is 19.5 Å². The molecule has 2 rings (SSSR count). The molecule has 0 aliphatic carbocycles. The Balaban J connectivity index is 2.48. The third-order valence-corrected chi connectivity index (χ3v) is 4.44. The Morgan fingerprint density at radius 2 is 1.52 bits per heavy atom. The fraction of sp³-hybridized carbons (Fsp3) is 0.250. The Kier molecular flexibility index (Phi) is 5.70. The van der Waals surface area contributed by atoms with Crippen LogP contribution in [0.1, 0.15) is 35.2 Å². The molecule has 2 atom stereocenters.